The van der Waals surface area contributed by atoms with Crippen LogP contribution < -0.4 is 0 Å². The fraction of sp³-hybridized carbons (Fsp3) is 1.00. The topological polar surface area (TPSA) is 9.23 Å². The second-order valence-electron chi connectivity index (χ2n) is 3.70. The number of hydrogen-bond acceptors (Lipinski definition) is 1. The van der Waals surface area contributed by atoms with Gasteiger partial charge in [0, 0.05) is 13.5 Å². The van der Waals surface area contributed by atoms with Gasteiger partial charge < -0.3 is 4.74 Å². The lowest BCUT2D eigenvalue weighted by atomic mass is 9.85. The van der Waals surface area contributed by atoms with Gasteiger partial charge in [-0.1, -0.05) is 0 Å². The molecule has 0 aromatic rings. The Morgan fingerprint density at radius 2 is 1.69 bits per heavy atom. The molecule has 0 heterocycles. The van der Waals surface area contributed by atoms with E-state index in [-0.39, 0.29) is 12.0 Å². The van der Waals surface area contributed by atoms with Crippen molar-refractivity contribution in [1.29, 1.82) is 0 Å². The predicted octanol–water partition coefficient (Wildman–Crippen LogP) is 3.14. The smallest absolute Gasteiger partial charge is 0.381 e. The average molecular weight is 196 g/mol. The van der Waals surface area contributed by atoms with Crippen molar-refractivity contribution in [2.75, 3.05) is 7.11 Å². The van der Waals surface area contributed by atoms with Crippen LogP contribution in [0.4, 0.5) is 13.2 Å². The molecule has 1 fully saturated rings. The molecule has 4 heteroatoms. The Bertz CT molecular complexity index is 147. The van der Waals surface area contributed by atoms with Gasteiger partial charge in [-0.25, -0.2) is 0 Å². The Morgan fingerprint density at radius 1 is 1.15 bits per heavy atom. The first kappa shape index (κ1) is 10.8. The molecule has 0 bridgehead atoms. The highest BCUT2D eigenvalue weighted by molar-refractivity contribution is 4.74. The molecule has 0 amide bonds. The van der Waals surface area contributed by atoms with E-state index in [0.29, 0.717) is 12.8 Å². The number of ether oxygens (including phenoxy) is 1. The maximum absolute atomic E-state index is 12.0. The third kappa shape index (κ3) is 3.98. The third-order valence-corrected chi connectivity index (χ3v) is 2.65. The number of methoxy groups -OCH3 is 1. The van der Waals surface area contributed by atoms with Crippen molar-refractivity contribution in [3.05, 3.63) is 0 Å². The second-order valence-corrected chi connectivity index (χ2v) is 3.70. The number of rotatable bonds is 2. The van der Waals surface area contributed by atoms with Gasteiger partial charge in [0.25, 0.3) is 0 Å². The summed E-state index contributed by atoms with van der Waals surface area (Å²) in [4.78, 5) is 0. The highest BCUT2D eigenvalue weighted by Crippen LogP contribution is 2.34. The minimum absolute atomic E-state index is 0.175. The quantitative estimate of drug-likeness (QED) is 0.659. The Kier molecular flexibility index (Phi) is 3.59. The van der Waals surface area contributed by atoms with Crippen molar-refractivity contribution < 1.29 is 17.9 Å². The second kappa shape index (κ2) is 4.31. The van der Waals surface area contributed by atoms with Gasteiger partial charge in [0.05, 0.1) is 6.10 Å². The molecule has 1 rings (SSSR count). The summed E-state index contributed by atoms with van der Waals surface area (Å²) in [6, 6.07) is 0. The monoisotopic (exact) mass is 196 g/mol. The van der Waals surface area contributed by atoms with Crippen LogP contribution in [-0.4, -0.2) is 19.4 Å². The van der Waals surface area contributed by atoms with Gasteiger partial charge in [-0.2, -0.15) is 13.2 Å². The van der Waals surface area contributed by atoms with Crippen molar-refractivity contribution in [2.45, 2.75) is 44.4 Å². The number of alkyl halides is 3. The van der Waals surface area contributed by atoms with E-state index < -0.39 is 12.6 Å². The molecule has 0 unspecified atom stereocenters. The van der Waals surface area contributed by atoms with Crippen LogP contribution in [0, 0.1) is 5.92 Å². The van der Waals surface area contributed by atoms with Crippen molar-refractivity contribution >= 4 is 0 Å². The molecule has 0 aromatic carbocycles. The minimum Gasteiger partial charge on any atom is -0.381 e. The van der Waals surface area contributed by atoms with E-state index in [2.05, 4.69) is 0 Å². The van der Waals surface area contributed by atoms with Gasteiger partial charge >= 0.3 is 6.18 Å². The molecule has 1 aliphatic carbocycles. The van der Waals surface area contributed by atoms with Gasteiger partial charge in [-0.3, -0.25) is 0 Å². The summed E-state index contributed by atoms with van der Waals surface area (Å²) in [7, 11) is 1.62. The van der Waals surface area contributed by atoms with Crippen LogP contribution in [0.2, 0.25) is 0 Å². The molecule has 0 atom stereocenters. The summed E-state index contributed by atoms with van der Waals surface area (Å²) < 4.78 is 41.1. The van der Waals surface area contributed by atoms with E-state index in [9.17, 15) is 13.2 Å². The van der Waals surface area contributed by atoms with Gasteiger partial charge in [-0.05, 0) is 31.6 Å². The molecule has 0 saturated heterocycles. The van der Waals surface area contributed by atoms with Crippen LogP contribution in [0.5, 0.6) is 0 Å². The van der Waals surface area contributed by atoms with Crippen LogP contribution in [-0.2, 0) is 4.74 Å². The minimum atomic E-state index is -4.00. The standard InChI is InChI=1S/C9H15F3O/c1-13-8-4-2-7(3-5-8)6-9(10,11)12/h7-8H,2-6H2,1H3. The molecule has 78 valence electrons. The molecule has 0 aliphatic heterocycles. The van der Waals surface area contributed by atoms with Crippen molar-refractivity contribution in [2.24, 2.45) is 5.92 Å². The van der Waals surface area contributed by atoms with E-state index in [1.165, 1.54) is 0 Å². The first-order valence-electron chi connectivity index (χ1n) is 4.61. The summed E-state index contributed by atoms with van der Waals surface area (Å²) in [6.45, 7) is 0. The Balaban J connectivity index is 2.25. The maximum Gasteiger partial charge on any atom is 0.389 e. The van der Waals surface area contributed by atoms with Crippen LogP contribution in [0.3, 0.4) is 0 Å². The lowest BCUT2D eigenvalue weighted by Gasteiger charge is -2.27. The van der Waals surface area contributed by atoms with Crippen LogP contribution in [0.25, 0.3) is 0 Å². The molecule has 1 nitrogen and oxygen atoms in total. The highest BCUT2D eigenvalue weighted by atomic mass is 19.4. The highest BCUT2D eigenvalue weighted by Gasteiger charge is 2.33. The number of halogens is 3. The molecule has 1 aliphatic rings. The van der Waals surface area contributed by atoms with Crippen LogP contribution in [0.1, 0.15) is 32.1 Å². The molecular formula is C9H15F3O. The van der Waals surface area contributed by atoms with Crippen LogP contribution in [0.15, 0.2) is 0 Å². The fourth-order valence-corrected chi connectivity index (χ4v) is 1.90. The van der Waals surface area contributed by atoms with Crippen LogP contribution >= 0.6 is 0 Å². The van der Waals surface area contributed by atoms with E-state index in [1.54, 1.807) is 7.11 Å². The van der Waals surface area contributed by atoms with Gasteiger partial charge in [0.1, 0.15) is 0 Å². The van der Waals surface area contributed by atoms with E-state index >= 15 is 0 Å². The molecular weight excluding hydrogens is 181 g/mol. The summed E-state index contributed by atoms with van der Waals surface area (Å²) >= 11 is 0. The average Bonchev–Trinajstić information content (AvgIpc) is 2.03. The Labute approximate surface area is 76.3 Å². The molecule has 13 heavy (non-hydrogen) atoms. The molecule has 0 spiro atoms. The van der Waals surface area contributed by atoms with E-state index in [0.717, 1.165) is 12.8 Å². The fourth-order valence-electron chi connectivity index (χ4n) is 1.90. The predicted molar refractivity (Wildman–Crippen MR) is 43.4 cm³/mol. The zero-order valence-corrected chi connectivity index (χ0v) is 7.73. The largest absolute Gasteiger partial charge is 0.389 e. The Morgan fingerprint density at radius 3 is 2.08 bits per heavy atom. The van der Waals surface area contributed by atoms with Gasteiger partial charge in [-0.15, -0.1) is 0 Å². The number of hydrogen-bond donors (Lipinski definition) is 0. The zero-order chi connectivity index (χ0) is 9.90. The van der Waals surface area contributed by atoms with Gasteiger partial charge in [0.2, 0.25) is 0 Å². The zero-order valence-electron chi connectivity index (χ0n) is 7.73. The summed E-state index contributed by atoms with van der Waals surface area (Å²) in [5.74, 6) is -0.175. The van der Waals surface area contributed by atoms with Crippen molar-refractivity contribution in [3.8, 4) is 0 Å². The third-order valence-electron chi connectivity index (χ3n) is 2.65. The molecule has 0 aromatic heterocycles. The normalized spacial score (nSPS) is 30.5. The first-order chi connectivity index (χ1) is 6.01. The van der Waals surface area contributed by atoms with Crippen molar-refractivity contribution in [3.63, 3.8) is 0 Å². The summed E-state index contributed by atoms with van der Waals surface area (Å²) in [5, 5.41) is 0. The Hall–Kier alpha value is -0.250. The lowest BCUT2D eigenvalue weighted by molar-refractivity contribution is -0.148. The molecule has 0 radical (unpaired) electrons. The maximum atomic E-state index is 12.0. The van der Waals surface area contributed by atoms with Gasteiger partial charge in [0.15, 0.2) is 0 Å². The van der Waals surface area contributed by atoms with E-state index in [4.69, 9.17) is 4.74 Å². The van der Waals surface area contributed by atoms with E-state index in [1.807, 2.05) is 0 Å². The SMILES string of the molecule is COC1CCC(CC(F)(F)F)CC1. The summed E-state index contributed by atoms with van der Waals surface area (Å²) in [6.07, 6.45) is -1.58. The lowest BCUT2D eigenvalue weighted by Crippen LogP contribution is -2.24. The van der Waals surface area contributed by atoms with Crippen molar-refractivity contribution in [1.82, 2.24) is 0 Å². The first-order valence-corrected chi connectivity index (χ1v) is 4.61. The summed E-state index contributed by atoms with van der Waals surface area (Å²) in [5.41, 5.74) is 0. The molecule has 1 saturated carbocycles. The molecule has 0 N–H and O–H groups in total.